The van der Waals surface area contributed by atoms with E-state index in [1.54, 1.807) is 12.1 Å². The summed E-state index contributed by atoms with van der Waals surface area (Å²) in [4.78, 5) is 0. The number of methoxy groups -OCH3 is 1. The lowest BCUT2D eigenvalue weighted by Gasteiger charge is -2.10. The fraction of sp³-hybridized carbons (Fsp3) is 0.294. The van der Waals surface area contributed by atoms with Gasteiger partial charge < -0.3 is 15.2 Å². The molecule has 0 saturated heterocycles. The molecule has 1 aliphatic rings. The van der Waals surface area contributed by atoms with E-state index < -0.39 is 0 Å². The van der Waals surface area contributed by atoms with E-state index in [9.17, 15) is 4.39 Å². The molecule has 0 bridgehead atoms. The Kier molecular flexibility index (Phi) is 3.80. The summed E-state index contributed by atoms with van der Waals surface area (Å²) < 4.78 is 24.5. The highest BCUT2D eigenvalue weighted by Gasteiger charge is 2.19. The zero-order chi connectivity index (χ0) is 14.8. The van der Waals surface area contributed by atoms with Crippen LogP contribution in [-0.2, 0) is 13.0 Å². The second kappa shape index (κ2) is 5.74. The predicted molar refractivity (Wildman–Crippen MR) is 79.0 cm³/mol. The van der Waals surface area contributed by atoms with Gasteiger partial charge >= 0.3 is 0 Å². The molecule has 0 amide bonds. The summed E-state index contributed by atoms with van der Waals surface area (Å²) in [5.74, 6) is 0.929. The van der Waals surface area contributed by atoms with Crippen LogP contribution in [0, 0.1) is 5.82 Å². The molecule has 0 aromatic heterocycles. The number of hydrogen-bond acceptors (Lipinski definition) is 3. The molecule has 21 heavy (non-hydrogen) atoms. The number of nitrogens with two attached hydrogens (primary N) is 1. The summed E-state index contributed by atoms with van der Waals surface area (Å²) in [5, 5.41) is 0. The molecular weight excluding hydrogens is 269 g/mol. The van der Waals surface area contributed by atoms with Gasteiger partial charge in [-0.1, -0.05) is 6.07 Å². The molecule has 0 spiro atoms. The first-order valence-electron chi connectivity index (χ1n) is 7.01. The molecule has 2 aromatic rings. The van der Waals surface area contributed by atoms with Crippen LogP contribution >= 0.6 is 0 Å². The SMILES string of the molecule is COc1ccc(COc2ccc3c(c2)CC[C@H]3N)c(F)c1. The van der Waals surface area contributed by atoms with E-state index in [1.807, 2.05) is 18.2 Å². The van der Waals surface area contributed by atoms with Crippen molar-refractivity contribution < 1.29 is 13.9 Å². The molecule has 0 heterocycles. The fourth-order valence-electron chi connectivity index (χ4n) is 2.65. The van der Waals surface area contributed by atoms with Crippen molar-refractivity contribution in [2.45, 2.75) is 25.5 Å². The summed E-state index contributed by atoms with van der Waals surface area (Å²) in [5.41, 5.74) is 8.94. The normalized spacial score (nSPS) is 16.6. The molecule has 1 atom stereocenters. The topological polar surface area (TPSA) is 44.5 Å². The molecule has 0 fully saturated rings. The molecule has 0 aliphatic heterocycles. The smallest absolute Gasteiger partial charge is 0.133 e. The van der Waals surface area contributed by atoms with E-state index in [2.05, 4.69) is 0 Å². The zero-order valence-electron chi connectivity index (χ0n) is 11.9. The van der Waals surface area contributed by atoms with Crippen LogP contribution in [0.4, 0.5) is 4.39 Å². The van der Waals surface area contributed by atoms with Crippen LogP contribution in [0.25, 0.3) is 0 Å². The minimum Gasteiger partial charge on any atom is -0.497 e. The number of rotatable bonds is 4. The highest BCUT2D eigenvalue weighted by atomic mass is 19.1. The molecule has 110 valence electrons. The molecule has 4 heteroatoms. The standard InChI is InChI=1S/C17H18FNO2/c1-20-13-4-2-12(16(18)9-13)10-21-14-5-6-15-11(8-14)3-7-17(15)19/h2,4-6,8-9,17H,3,7,10,19H2,1H3/t17-/m1/s1. The first kappa shape index (κ1) is 13.9. The van der Waals surface area contributed by atoms with Crippen molar-refractivity contribution in [1.29, 1.82) is 0 Å². The minimum atomic E-state index is -0.322. The summed E-state index contributed by atoms with van der Waals surface area (Å²) in [6.07, 6.45) is 1.95. The third-order valence-corrected chi connectivity index (χ3v) is 3.89. The van der Waals surface area contributed by atoms with Gasteiger partial charge in [-0.05, 0) is 48.2 Å². The van der Waals surface area contributed by atoms with Gasteiger partial charge in [-0.2, -0.15) is 0 Å². The lowest BCUT2D eigenvalue weighted by molar-refractivity contribution is 0.299. The van der Waals surface area contributed by atoms with E-state index in [0.717, 1.165) is 18.6 Å². The Hall–Kier alpha value is -2.07. The van der Waals surface area contributed by atoms with Crippen molar-refractivity contribution in [2.75, 3.05) is 7.11 Å². The van der Waals surface area contributed by atoms with Crippen LogP contribution in [-0.4, -0.2) is 7.11 Å². The average Bonchev–Trinajstić information content (AvgIpc) is 2.87. The summed E-state index contributed by atoms with van der Waals surface area (Å²) in [7, 11) is 1.51. The van der Waals surface area contributed by atoms with Crippen molar-refractivity contribution in [1.82, 2.24) is 0 Å². The molecule has 2 aromatic carbocycles. The maximum absolute atomic E-state index is 13.8. The van der Waals surface area contributed by atoms with E-state index in [0.29, 0.717) is 11.3 Å². The van der Waals surface area contributed by atoms with Gasteiger partial charge in [0.15, 0.2) is 0 Å². The monoisotopic (exact) mass is 287 g/mol. The number of ether oxygens (including phenoxy) is 2. The van der Waals surface area contributed by atoms with Gasteiger partial charge in [-0.15, -0.1) is 0 Å². The molecule has 2 N–H and O–H groups in total. The van der Waals surface area contributed by atoms with Gasteiger partial charge in [0.1, 0.15) is 23.9 Å². The fourth-order valence-corrected chi connectivity index (χ4v) is 2.65. The molecular formula is C17H18FNO2. The van der Waals surface area contributed by atoms with Crippen LogP contribution in [0.1, 0.15) is 29.2 Å². The second-order valence-electron chi connectivity index (χ2n) is 5.25. The van der Waals surface area contributed by atoms with E-state index in [1.165, 1.54) is 24.3 Å². The molecule has 1 aliphatic carbocycles. The quantitative estimate of drug-likeness (QED) is 0.937. The van der Waals surface area contributed by atoms with Gasteiger partial charge in [0.05, 0.1) is 7.11 Å². The number of hydrogen-bond donors (Lipinski definition) is 1. The van der Waals surface area contributed by atoms with E-state index in [-0.39, 0.29) is 18.5 Å². The Morgan fingerprint density at radius 1 is 1.19 bits per heavy atom. The Labute approximate surface area is 123 Å². The van der Waals surface area contributed by atoms with Crippen LogP contribution in [0.15, 0.2) is 36.4 Å². The maximum atomic E-state index is 13.8. The van der Waals surface area contributed by atoms with Crippen molar-refractivity contribution in [3.63, 3.8) is 0 Å². The third kappa shape index (κ3) is 2.85. The third-order valence-electron chi connectivity index (χ3n) is 3.89. The van der Waals surface area contributed by atoms with Crippen LogP contribution in [0.3, 0.4) is 0 Å². The van der Waals surface area contributed by atoms with Gasteiger partial charge in [0.25, 0.3) is 0 Å². The number of benzene rings is 2. The number of halogens is 1. The molecule has 0 unspecified atom stereocenters. The van der Waals surface area contributed by atoms with Crippen molar-refractivity contribution in [2.24, 2.45) is 5.73 Å². The van der Waals surface area contributed by atoms with Crippen LogP contribution < -0.4 is 15.2 Å². The lowest BCUT2D eigenvalue weighted by Crippen LogP contribution is -2.05. The largest absolute Gasteiger partial charge is 0.497 e. The Balaban J connectivity index is 1.71. The zero-order valence-corrected chi connectivity index (χ0v) is 11.9. The molecule has 3 rings (SSSR count). The Morgan fingerprint density at radius 2 is 2.00 bits per heavy atom. The molecule has 3 nitrogen and oxygen atoms in total. The Morgan fingerprint density at radius 3 is 2.76 bits per heavy atom. The number of aryl methyl sites for hydroxylation is 1. The first-order chi connectivity index (χ1) is 10.2. The van der Waals surface area contributed by atoms with Gasteiger partial charge in [-0.25, -0.2) is 4.39 Å². The second-order valence-corrected chi connectivity index (χ2v) is 5.25. The van der Waals surface area contributed by atoms with Crippen LogP contribution in [0.2, 0.25) is 0 Å². The summed E-state index contributed by atoms with van der Waals surface area (Å²) in [6.45, 7) is 0.195. The van der Waals surface area contributed by atoms with E-state index >= 15 is 0 Å². The summed E-state index contributed by atoms with van der Waals surface area (Å²) >= 11 is 0. The first-order valence-corrected chi connectivity index (χ1v) is 7.01. The van der Waals surface area contributed by atoms with Gasteiger partial charge in [0, 0.05) is 17.7 Å². The van der Waals surface area contributed by atoms with Crippen molar-refractivity contribution in [3.8, 4) is 11.5 Å². The molecule has 0 radical (unpaired) electrons. The van der Waals surface area contributed by atoms with Crippen molar-refractivity contribution in [3.05, 3.63) is 58.9 Å². The maximum Gasteiger partial charge on any atom is 0.133 e. The highest BCUT2D eigenvalue weighted by molar-refractivity contribution is 5.40. The van der Waals surface area contributed by atoms with Crippen LogP contribution in [0.5, 0.6) is 11.5 Å². The van der Waals surface area contributed by atoms with Gasteiger partial charge in [0.2, 0.25) is 0 Å². The van der Waals surface area contributed by atoms with E-state index in [4.69, 9.17) is 15.2 Å². The lowest BCUT2D eigenvalue weighted by atomic mass is 10.1. The Bertz CT molecular complexity index is 657. The van der Waals surface area contributed by atoms with Crippen molar-refractivity contribution >= 4 is 0 Å². The van der Waals surface area contributed by atoms with Gasteiger partial charge in [-0.3, -0.25) is 0 Å². The summed E-state index contributed by atoms with van der Waals surface area (Å²) in [6, 6.07) is 10.8. The minimum absolute atomic E-state index is 0.132. The highest BCUT2D eigenvalue weighted by Crippen LogP contribution is 2.32. The number of fused-ring (bicyclic) bond motifs is 1. The average molecular weight is 287 g/mol. The predicted octanol–water partition coefficient (Wildman–Crippen LogP) is 3.36. The molecule has 0 saturated carbocycles.